The Morgan fingerprint density at radius 3 is 2.67 bits per heavy atom. The zero-order chi connectivity index (χ0) is 13.1. The van der Waals surface area contributed by atoms with Crippen molar-refractivity contribution in [2.24, 2.45) is 7.05 Å². The Morgan fingerprint density at radius 2 is 1.94 bits per heavy atom. The third-order valence-electron chi connectivity index (χ3n) is 3.93. The van der Waals surface area contributed by atoms with Crippen molar-refractivity contribution < 1.29 is 0 Å². The Bertz CT molecular complexity index is 538. The van der Waals surface area contributed by atoms with Crippen molar-refractivity contribution in [1.29, 1.82) is 0 Å². The highest BCUT2D eigenvalue weighted by Crippen LogP contribution is 2.28. The number of hydrogen-bond donors (Lipinski definition) is 1. The van der Waals surface area contributed by atoms with E-state index in [1.807, 2.05) is 6.07 Å². The van der Waals surface area contributed by atoms with Gasteiger partial charge < -0.3 is 10.3 Å². The van der Waals surface area contributed by atoms with E-state index >= 15 is 0 Å². The SMILES string of the molecule is CCCCCCc1c(C)n(C)c2ccc(N)cc12. The van der Waals surface area contributed by atoms with Crippen molar-refractivity contribution in [3.8, 4) is 0 Å². The first-order valence-corrected chi connectivity index (χ1v) is 6.98. The van der Waals surface area contributed by atoms with E-state index < -0.39 is 0 Å². The molecule has 2 nitrogen and oxygen atoms in total. The number of unbranched alkanes of at least 4 members (excludes halogenated alkanes) is 3. The van der Waals surface area contributed by atoms with E-state index in [4.69, 9.17) is 5.73 Å². The van der Waals surface area contributed by atoms with Crippen molar-refractivity contribution in [1.82, 2.24) is 4.57 Å². The first-order chi connectivity index (χ1) is 8.65. The van der Waals surface area contributed by atoms with Gasteiger partial charge in [-0.25, -0.2) is 0 Å². The molecule has 0 unspecified atom stereocenters. The lowest BCUT2D eigenvalue weighted by atomic mass is 10.0. The molecule has 0 fully saturated rings. The molecule has 0 bridgehead atoms. The highest BCUT2D eigenvalue weighted by molar-refractivity contribution is 5.88. The van der Waals surface area contributed by atoms with E-state index in [-0.39, 0.29) is 0 Å². The molecule has 0 atom stereocenters. The number of anilines is 1. The van der Waals surface area contributed by atoms with Crippen LogP contribution in [0.3, 0.4) is 0 Å². The fourth-order valence-corrected chi connectivity index (χ4v) is 2.71. The number of benzene rings is 1. The fourth-order valence-electron chi connectivity index (χ4n) is 2.71. The molecule has 0 amide bonds. The van der Waals surface area contributed by atoms with Gasteiger partial charge >= 0.3 is 0 Å². The molecule has 98 valence electrons. The van der Waals surface area contributed by atoms with Gasteiger partial charge in [0.25, 0.3) is 0 Å². The number of nitrogens with zero attached hydrogens (tertiary/aromatic N) is 1. The molecule has 2 heteroatoms. The minimum atomic E-state index is 0.864. The lowest BCUT2D eigenvalue weighted by Gasteiger charge is -2.02. The maximum Gasteiger partial charge on any atom is 0.0484 e. The number of aryl methyl sites for hydroxylation is 2. The van der Waals surface area contributed by atoms with Crippen LogP contribution in [0.1, 0.15) is 43.9 Å². The zero-order valence-corrected chi connectivity index (χ0v) is 11.8. The molecule has 18 heavy (non-hydrogen) atoms. The molecular formula is C16H24N2. The van der Waals surface area contributed by atoms with Gasteiger partial charge in [0.1, 0.15) is 0 Å². The summed E-state index contributed by atoms with van der Waals surface area (Å²) in [5.41, 5.74) is 10.9. The fraction of sp³-hybridized carbons (Fsp3) is 0.500. The minimum absolute atomic E-state index is 0.864. The van der Waals surface area contributed by atoms with E-state index in [9.17, 15) is 0 Å². The van der Waals surface area contributed by atoms with Gasteiger partial charge in [0, 0.05) is 29.3 Å². The molecule has 0 saturated carbocycles. The molecule has 0 aliphatic rings. The number of nitrogens with two attached hydrogens (primary N) is 1. The van der Waals surface area contributed by atoms with E-state index in [0.29, 0.717) is 0 Å². The van der Waals surface area contributed by atoms with E-state index in [1.54, 1.807) is 0 Å². The largest absolute Gasteiger partial charge is 0.399 e. The van der Waals surface area contributed by atoms with Gasteiger partial charge in [-0.05, 0) is 43.5 Å². The second kappa shape index (κ2) is 5.47. The van der Waals surface area contributed by atoms with Crippen LogP contribution < -0.4 is 5.73 Å². The standard InChI is InChI=1S/C16H24N2/c1-4-5-6-7-8-14-12(2)18(3)16-10-9-13(17)11-15(14)16/h9-11H,4-8,17H2,1-3H3. The van der Waals surface area contributed by atoms with Gasteiger partial charge in [0.05, 0.1) is 0 Å². The molecule has 2 rings (SSSR count). The summed E-state index contributed by atoms with van der Waals surface area (Å²) in [6, 6.07) is 6.24. The second-order valence-electron chi connectivity index (χ2n) is 5.21. The van der Waals surface area contributed by atoms with Crippen LogP contribution in [0.2, 0.25) is 0 Å². The van der Waals surface area contributed by atoms with Crippen LogP contribution >= 0.6 is 0 Å². The second-order valence-corrected chi connectivity index (χ2v) is 5.21. The molecule has 0 aliphatic heterocycles. The Hall–Kier alpha value is -1.44. The number of hydrogen-bond acceptors (Lipinski definition) is 1. The van der Waals surface area contributed by atoms with E-state index in [2.05, 4.69) is 37.6 Å². The average molecular weight is 244 g/mol. The zero-order valence-electron chi connectivity index (χ0n) is 11.8. The van der Waals surface area contributed by atoms with Gasteiger partial charge in [0.2, 0.25) is 0 Å². The summed E-state index contributed by atoms with van der Waals surface area (Å²) < 4.78 is 2.28. The molecule has 0 spiro atoms. The molecule has 0 saturated heterocycles. The summed E-state index contributed by atoms with van der Waals surface area (Å²) in [4.78, 5) is 0. The highest BCUT2D eigenvalue weighted by Gasteiger charge is 2.11. The number of aromatic nitrogens is 1. The summed E-state index contributed by atoms with van der Waals surface area (Å²) in [5.74, 6) is 0. The summed E-state index contributed by atoms with van der Waals surface area (Å²) in [6.07, 6.45) is 6.41. The number of fused-ring (bicyclic) bond motifs is 1. The Kier molecular flexibility index (Phi) is 3.95. The smallest absolute Gasteiger partial charge is 0.0484 e. The van der Waals surface area contributed by atoms with Crippen LogP contribution in [0.5, 0.6) is 0 Å². The van der Waals surface area contributed by atoms with Gasteiger partial charge in [-0.2, -0.15) is 0 Å². The van der Waals surface area contributed by atoms with E-state index in [1.165, 1.54) is 54.3 Å². The maximum atomic E-state index is 5.92. The normalized spacial score (nSPS) is 11.3. The number of rotatable bonds is 5. The summed E-state index contributed by atoms with van der Waals surface area (Å²) in [5, 5.41) is 1.34. The van der Waals surface area contributed by atoms with Crippen LogP contribution in [-0.2, 0) is 13.5 Å². The lowest BCUT2D eigenvalue weighted by Crippen LogP contribution is -1.93. The maximum absolute atomic E-state index is 5.92. The minimum Gasteiger partial charge on any atom is -0.399 e. The monoisotopic (exact) mass is 244 g/mol. The Balaban J connectivity index is 2.30. The van der Waals surface area contributed by atoms with E-state index in [0.717, 1.165) is 5.69 Å². The highest BCUT2D eigenvalue weighted by atomic mass is 14.9. The number of nitrogen functional groups attached to an aromatic ring is 1. The predicted molar refractivity (Wildman–Crippen MR) is 79.9 cm³/mol. The first kappa shape index (κ1) is 13.0. The summed E-state index contributed by atoms with van der Waals surface area (Å²) >= 11 is 0. The summed E-state index contributed by atoms with van der Waals surface area (Å²) in [6.45, 7) is 4.47. The molecule has 2 N–H and O–H groups in total. The predicted octanol–water partition coefficient (Wildman–Crippen LogP) is 4.19. The van der Waals surface area contributed by atoms with Crippen LogP contribution in [0, 0.1) is 6.92 Å². The third-order valence-corrected chi connectivity index (χ3v) is 3.93. The molecule has 1 heterocycles. The van der Waals surface area contributed by atoms with Crippen molar-refractivity contribution in [3.05, 3.63) is 29.5 Å². The van der Waals surface area contributed by atoms with Gasteiger partial charge in [0.15, 0.2) is 0 Å². The van der Waals surface area contributed by atoms with Crippen LogP contribution in [0.4, 0.5) is 5.69 Å². The van der Waals surface area contributed by atoms with Crippen molar-refractivity contribution in [2.75, 3.05) is 5.73 Å². The van der Waals surface area contributed by atoms with Crippen LogP contribution in [0.25, 0.3) is 10.9 Å². The van der Waals surface area contributed by atoms with Gasteiger partial charge in [-0.3, -0.25) is 0 Å². The molecule has 0 aliphatic carbocycles. The molecule has 0 radical (unpaired) electrons. The molecular weight excluding hydrogens is 220 g/mol. The topological polar surface area (TPSA) is 30.9 Å². The lowest BCUT2D eigenvalue weighted by molar-refractivity contribution is 0.665. The van der Waals surface area contributed by atoms with Crippen molar-refractivity contribution >= 4 is 16.6 Å². The Labute approximate surface area is 110 Å². The van der Waals surface area contributed by atoms with Crippen LogP contribution in [-0.4, -0.2) is 4.57 Å². The van der Waals surface area contributed by atoms with Crippen molar-refractivity contribution in [2.45, 2.75) is 46.0 Å². The molecule has 2 aromatic rings. The molecule has 1 aromatic heterocycles. The van der Waals surface area contributed by atoms with Crippen LogP contribution in [0.15, 0.2) is 18.2 Å². The Morgan fingerprint density at radius 1 is 1.17 bits per heavy atom. The average Bonchev–Trinajstić information content (AvgIpc) is 2.59. The first-order valence-electron chi connectivity index (χ1n) is 6.98. The van der Waals surface area contributed by atoms with Gasteiger partial charge in [-0.1, -0.05) is 26.2 Å². The third kappa shape index (κ3) is 2.38. The quantitative estimate of drug-likeness (QED) is 0.620. The summed E-state index contributed by atoms with van der Waals surface area (Å²) in [7, 11) is 2.14. The van der Waals surface area contributed by atoms with Gasteiger partial charge in [-0.15, -0.1) is 0 Å². The van der Waals surface area contributed by atoms with Crippen molar-refractivity contribution in [3.63, 3.8) is 0 Å². The molecule has 1 aromatic carbocycles.